The van der Waals surface area contributed by atoms with E-state index in [-0.39, 0.29) is 10.8 Å². The van der Waals surface area contributed by atoms with Crippen molar-refractivity contribution in [2.45, 2.75) is 18.6 Å². The third-order valence-electron chi connectivity index (χ3n) is 2.55. The molecule has 0 spiro atoms. The molecular weight excluding hydrogens is 283 g/mol. The Hall–Kier alpha value is -1.86. The molecule has 20 heavy (non-hydrogen) atoms. The van der Waals surface area contributed by atoms with E-state index in [9.17, 15) is 12.8 Å². The summed E-state index contributed by atoms with van der Waals surface area (Å²) in [5.74, 6) is 0.102. The molecule has 1 aromatic heterocycles. The van der Waals surface area contributed by atoms with Crippen LogP contribution in [0.25, 0.3) is 0 Å². The van der Waals surface area contributed by atoms with Gasteiger partial charge in [0.2, 0.25) is 5.09 Å². The minimum absolute atomic E-state index is 0.172. The summed E-state index contributed by atoms with van der Waals surface area (Å²) in [5.41, 5.74) is 0.274. The fourth-order valence-corrected chi connectivity index (χ4v) is 2.58. The number of benzene rings is 1. The second-order valence-corrected chi connectivity index (χ2v) is 5.73. The zero-order chi connectivity index (χ0) is 14.6. The van der Waals surface area contributed by atoms with Crippen LogP contribution < -0.4 is 10.0 Å². The molecule has 0 saturated carbocycles. The van der Waals surface area contributed by atoms with E-state index in [1.807, 2.05) is 6.92 Å². The molecule has 0 aliphatic rings. The lowest BCUT2D eigenvalue weighted by Gasteiger charge is -2.05. The lowest BCUT2D eigenvalue weighted by atomic mass is 10.3. The van der Waals surface area contributed by atoms with Gasteiger partial charge in [-0.2, -0.15) is 8.42 Å². The monoisotopic (exact) mass is 298 g/mol. The molecule has 1 heterocycles. The minimum Gasteiger partial charge on any atom is -0.446 e. The van der Waals surface area contributed by atoms with Crippen LogP contribution >= 0.6 is 0 Å². The number of anilines is 1. The van der Waals surface area contributed by atoms with Gasteiger partial charge in [-0.3, -0.25) is 4.72 Å². The van der Waals surface area contributed by atoms with Gasteiger partial charge in [-0.25, -0.2) is 4.39 Å². The van der Waals surface area contributed by atoms with Crippen LogP contribution in [0.5, 0.6) is 0 Å². The maximum atomic E-state index is 12.8. The zero-order valence-corrected chi connectivity index (χ0v) is 11.7. The van der Waals surface area contributed by atoms with E-state index >= 15 is 0 Å². The lowest BCUT2D eigenvalue weighted by Crippen LogP contribution is -2.13. The summed E-state index contributed by atoms with van der Waals surface area (Å²) in [7, 11) is -3.80. The van der Waals surface area contributed by atoms with Crippen LogP contribution in [0.2, 0.25) is 0 Å². The van der Waals surface area contributed by atoms with E-state index in [2.05, 4.69) is 10.0 Å². The number of hydrogen-bond donors (Lipinski definition) is 2. The van der Waals surface area contributed by atoms with Gasteiger partial charge >= 0.3 is 0 Å². The average molecular weight is 298 g/mol. The SMILES string of the molecule is CCNCc1ccc(S(=O)(=O)Nc2ccc(F)cc2)o1. The van der Waals surface area contributed by atoms with Crippen molar-refractivity contribution in [2.75, 3.05) is 11.3 Å². The fraction of sp³-hybridized carbons (Fsp3) is 0.231. The molecule has 0 fully saturated rings. The Kier molecular flexibility index (Phi) is 4.41. The van der Waals surface area contributed by atoms with Crippen molar-refractivity contribution >= 4 is 15.7 Å². The molecule has 2 rings (SSSR count). The van der Waals surface area contributed by atoms with E-state index in [1.54, 1.807) is 6.07 Å². The number of halogens is 1. The molecule has 2 N–H and O–H groups in total. The van der Waals surface area contributed by atoms with Crippen LogP contribution in [0.15, 0.2) is 45.9 Å². The quantitative estimate of drug-likeness (QED) is 0.858. The van der Waals surface area contributed by atoms with Crippen LogP contribution in [-0.2, 0) is 16.6 Å². The fourth-order valence-electron chi connectivity index (χ4n) is 1.57. The van der Waals surface area contributed by atoms with Crippen LogP contribution in [0.1, 0.15) is 12.7 Å². The zero-order valence-electron chi connectivity index (χ0n) is 10.9. The topological polar surface area (TPSA) is 71.3 Å². The number of hydrogen-bond acceptors (Lipinski definition) is 4. The molecule has 0 aliphatic heterocycles. The highest BCUT2D eigenvalue weighted by Crippen LogP contribution is 2.18. The maximum Gasteiger partial charge on any atom is 0.295 e. The first-order valence-corrected chi connectivity index (χ1v) is 7.57. The van der Waals surface area contributed by atoms with Gasteiger partial charge in [-0.1, -0.05) is 6.92 Å². The maximum absolute atomic E-state index is 12.8. The normalized spacial score (nSPS) is 11.5. The van der Waals surface area contributed by atoms with Gasteiger partial charge in [-0.15, -0.1) is 0 Å². The standard InChI is InChI=1S/C13H15FN2O3S/c1-2-15-9-12-7-8-13(19-12)20(17,18)16-11-5-3-10(14)4-6-11/h3-8,15-16H,2,9H2,1H3. The molecule has 0 aliphatic carbocycles. The molecule has 0 bridgehead atoms. The summed E-state index contributed by atoms with van der Waals surface area (Å²) in [5, 5.41) is 2.86. The molecule has 0 amide bonds. The third-order valence-corrected chi connectivity index (χ3v) is 3.80. The molecule has 0 radical (unpaired) electrons. The molecule has 0 atom stereocenters. The Morgan fingerprint density at radius 1 is 1.15 bits per heavy atom. The first-order valence-electron chi connectivity index (χ1n) is 6.09. The average Bonchev–Trinajstić information content (AvgIpc) is 2.88. The molecule has 0 saturated heterocycles. The Morgan fingerprint density at radius 2 is 1.85 bits per heavy atom. The van der Waals surface area contributed by atoms with Crippen molar-refractivity contribution in [3.8, 4) is 0 Å². The highest BCUT2D eigenvalue weighted by Gasteiger charge is 2.18. The van der Waals surface area contributed by atoms with Crippen LogP contribution in [0, 0.1) is 5.82 Å². The summed E-state index contributed by atoms with van der Waals surface area (Å²) in [6.45, 7) is 3.16. The number of furan rings is 1. The van der Waals surface area contributed by atoms with Gasteiger partial charge in [0.05, 0.1) is 6.54 Å². The van der Waals surface area contributed by atoms with Gasteiger partial charge in [0.1, 0.15) is 11.6 Å². The van der Waals surface area contributed by atoms with Crippen molar-refractivity contribution in [3.05, 3.63) is 48.0 Å². The first kappa shape index (κ1) is 14.5. The van der Waals surface area contributed by atoms with E-state index in [1.165, 1.54) is 30.3 Å². The summed E-state index contributed by atoms with van der Waals surface area (Å²) >= 11 is 0. The van der Waals surface area contributed by atoms with Gasteiger partial charge in [0.25, 0.3) is 10.0 Å². The largest absolute Gasteiger partial charge is 0.446 e. The second kappa shape index (κ2) is 6.06. The molecule has 0 unspecified atom stereocenters. The Bertz CT molecular complexity index is 665. The summed E-state index contributed by atoms with van der Waals surface area (Å²) in [6, 6.07) is 8.03. The molecule has 5 nitrogen and oxygen atoms in total. The van der Waals surface area contributed by atoms with Gasteiger partial charge in [0, 0.05) is 5.69 Å². The second-order valence-electron chi connectivity index (χ2n) is 4.11. The third kappa shape index (κ3) is 3.58. The van der Waals surface area contributed by atoms with Crippen LogP contribution in [0.4, 0.5) is 10.1 Å². The molecule has 108 valence electrons. The molecule has 7 heteroatoms. The van der Waals surface area contributed by atoms with Crippen LogP contribution in [0.3, 0.4) is 0 Å². The van der Waals surface area contributed by atoms with E-state index in [0.29, 0.717) is 12.3 Å². The van der Waals surface area contributed by atoms with E-state index in [0.717, 1.165) is 6.54 Å². The Balaban J connectivity index is 2.13. The highest BCUT2D eigenvalue weighted by molar-refractivity contribution is 7.92. The lowest BCUT2D eigenvalue weighted by molar-refractivity contribution is 0.405. The number of nitrogens with one attached hydrogen (secondary N) is 2. The van der Waals surface area contributed by atoms with E-state index < -0.39 is 15.8 Å². The van der Waals surface area contributed by atoms with Crippen LogP contribution in [-0.4, -0.2) is 15.0 Å². The summed E-state index contributed by atoms with van der Waals surface area (Å²) in [4.78, 5) is 0. The van der Waals surface area contributed by atoms with Crippen molar-refractivity contribution in [3.63, 3.8) is 0 Å². The minimum atomic E-state index is -3.80. The Labute approximate surface area is 116 Å². The van der Waals surface area contributed by atoms with Gasteiger partial charge in [0.15, 0.2) is 0 Å². The highest BCUT2D eigenvalue weighted by atomic mass is 32.2. The number of sulfonamides is 1. The molecular formula is C13H15FN2O3S. The van der Waals surface area contributed by atoms with Crippen molar-refractivity contribution in [2.24, 2.45) is 0 Å². The predicted molar refractivity (Wildman–Crippen MR) is 73.3 cm³/mol. The number of rotatable bonds is 6. The molecule has 1 aromatic carbocycles. The predicted octanol–water partition coefficient (Wildman–Crippen LogP) is 2.33. The summed E-state index contributed by atoms with van der Waals surface area (Å²) < 4.78 is 44.5. The van der Waals surface area contributed by atoms with E-state index in [4.69, 9.17) is 4.42 Å². The van der Waals surface area contributed by atoms with Crippen molar-refractivity contribution < 1.29 is 17.2 Å². The Morgan fingerprint density at radius 3 is 2.50 bits per heavy atom. The smallest absolute Gasteiger partial charge is 0.295 e. The van der Waals surface area contributed by atoms with Gasteiger partial charge in [-0.05, 0) is 42.9 Å². The summed E-state index contributed by atoms with van der Waals surface area (Å²) in [6.07, 6.45) is 0. The van der Waals surface area contributed by atoms with Gasteiger partial charge < -0.3 is 9.73 Å². The first-order chi connectivity index (χ1) is 9.51. The van der Waals surface area contributed by atoms with Crippen molar-refractivity contribution in [1.82, 2.24) is 5.32 Å². The molecule has 2 aromatic rings. The van der Waals surface area contributed by atoms with Crippen molar-refractivity contribution in [1.29, 1.82) is 0 Å².